The monoisotopic (exact) mass is 520 g/mol. The minimum Gasteiger partial charge on any atom is -0.494 e. The maximum atomic E-state index is 14.2. The number of pyridine rings is 1. The molecule has 0 aromatic carbocycles. The molecule has 3 rings (SSSR count). The quantitative estimate of drug-likeness (QED) is 0.465. The summed E-state index contributed by atoms with van der Waals surface area (Å²) >= 11 is 0. The van der Waals surface area contributed by atoms with E-state index in [2.05, 4.69) is 15.0 Å². The number of hydrogen-bond donors (Lipinski definition) is 1. The van der Waals surface area contributed by atoms with Gasteiger partial charge in [0, 0.05) is 30.7 Å². The van der Waals surface area contributed by atoms with Gasteiger partial charge in [0.1, 0.15) is 11.8 Å². The van der Waals surface area contributed by atoms with E-state index in [9.17, 15) is 31.1 Å². The molecule has 1 N–H and O–H groups in total. The molecular formula is C21H22F6N6O3. The molecule has 15 heteroatoms. The van der Waals surface area contributed by atoms with Crippen LogP contribution in [0.5, 0.6) is 11.6 Å². The number of amides is 2. The Morgan fingerprint density at radius 1 is 1.14 bits per heavy atom. The molecule has 0 aliphatic carbocycles. The summed E-state index contributed by atoms with van der Waals surface area (Å²) in [5.41, 5.74) is -0.0838. The molecule has 0 bridgehead atoms. The molecule has 0 spiro atoms. The molecule has 9 nitrogen and oxygen atoms in total. The molecule has 3 aromatic heterocycles. The Kier molecular flexibility index (Phi) is 7.50. The molecule has 0 radical (unpaired) electrons. The Balaban J connectivity index is 2.12. The van der Waals surface area contributed by atoms with Gasteiger partial charge in [-0.3, -0.25) is 4.98 Å². The van der Waals surface area contributed by atoms with Gasteiger partial charge in [-0.25, -0.2) is 14.8 Å². The molecule has 0 aliphatic rings. The van der Waals surface area contributed by atoms with Crippen LogP contribution in [0.2, 0.25) is 0 Å². The Hall–Kier alpha value is -3.78. The highest BCUT2D eigenvalue weighted by atomic mass is 19.4. The number of nitrogens with one attached hydrogen (secondary N) is 1. The van der Waals surface area contributed by atoms with Crippen molar-refractivity contribution in [3.05, 3.63) is 36.5 Å². The summed E-state index contributed by atoms with van der Waals surface area (Å²) < 4.78 is 93.3. The predicted octanol–water partition coefficient (Wildman–Crippen LogP) is 4.39. The first-order chi connectivity index (χ1) is 16.8. The average molecular weight is 520 g/mol. The van der Waals surface area contributed by atoms with Crippen molar-refractivity contribution in [3.63, 3.8) is 0 Å². The number of fused-ring (bicyclic) bond motifs is 1. The summed E-state index contributed by atoms with van der Waals surface area (Å²) in [6.45, 7) is 1.28. The van der Waals surface area contributed by atoms with Crippen LogP contribution in [0.15, 0.2) is 30.9 Å². The lowest BCUT2D eigenvalue weighted by Gasteiger charge is -2.33. The maximum Gasteiger partial charge on any atom is 0.414 e. The summed E-state index contributed by atoms with van der Waals surface area (Å²) in [6, 6.07) is -5.56. The third-order valence-electron chi connectivity index (χ3n) is 5.26. The van der Waals surface area contributed by atoms with Gasteiger partial charge in [-0.2, -0.15) is 26.3 Å². The molecule has 0 saturated carbocycles. The normalized spacial score (nSPS) is 13.8. The van der Waals surface area contributed by atoms with E-state index in [1.807, 2.05) is 0 Å². The van der Waals surface area contributed by atoms with Crippen molar-refractivity contribution in [3.8, 4) is 22.9 Å². The van der Waals surface area contributed by atoms with E-state index in [1.54, 1.807) is 11.5 Å². The molecule has 2 amide bonds. The number of ether oxygens (including phenoxy) is 2. The van der Waals surface area contributed by atoms with Gasteiger partial charge in [0.25, 0.3) is 5.88 Å². The van der Waals surface area contributed by atoms with E-state index >= 15 is 0 Å². The maximum absolute atomic E-state index is 14.2. The second-order valence-electron chi connectivity index (χ2n) is 7.55. The molecule has 0 aliphatic heterocycles. The number of carbonyl (C=O) groups is 1. The topological polar surface area (TPSA) is 93.9 Å². The number of aromatic nitrogens is 4. The van der Waals surface area contributed by atoms with Crippen LogP contribution in [-0.2, 0) is 0 Å². The van der Waals surface area contributed by atoms with Crippen molar-refractivity contribution in [2.75, 3.05) is 20.8 Å². The van der Waals surface area contributed by atoms with Crippen molar-refractivity contribution >= 4 is 11.7 Å². The molecule has 0 saturated heterocycles. The first-order valence-corrected chi connectivity index (χ1v) is 10.4. The molecule has 36 heavy (non-hydrogen) atoms. The molecule has 0 fully saturated rings. The average Bonchev–Trinajstić information content (AvgIpc) is 3.28. The highest BCUT2D eigenvalue weighted by Gasteiger charge is 2.48. The van der Waals surface area contributed by atoms with Crippen LogP contribution in [0.25, 0.3) is 16.9 Å². The summed E-state index contributed by atoms with van der Waals surface area (Å²) in [4.78, 5) is 24.9. The lowest BCUT2D eigenvalue weighted by atomic mass is 10.1. The van der Waals surface area contributed by atoms with Crippen LogP contribution in [0.3, 0.4) is 0 Å². The number of rotatable bonds is 7. The number of halogens is 6. The lowest BCUT2D eigenvalue weighted by molar-refractivity contribution is -0.180. The molecule has 2 atom stereocenters. The van der Waals surface area contributed by atoms with Crippen LogP contribution >= 0.6 is 0 Å². The van der Waals surface area contributed by atoms with Crippen molar-refractivity contribution < 1.29 is 40.6 Å². The first kappa shape index (κ1) is 26.8. The van der Waals surface area contributed by atoms with Gasteiger partial charge in [0.05, 0.1) is 31.8 Å². The fourth-order valence-corrected chi connectivity index (χ4v) is 3.44. The third-order valence-corrected chi connectivity index (χ3v) is 5.26. The van der Waals surface area contributed by atoms with Crippen molar-refractivity contribution in [2.45, 2.75) is 38.3 Å². The SMILES string of the molecule is CCN(C(=O)NC(C)C(F)(F)F)[C@@H](c1cc(-c2cn3ccnc3c(OC)n2)c(OC)cn1)C(F)(F)F. The first-order valence-electron chi connectivity index (χ1n) is 10.4. The van der Waals surface area contributed by atoms with Crippen molar-refractivity contribution in [1.29, 1.82) is 0 Å². The standard InChI is InChI=1S/C21H22F6N6O3/c1-5-33(19(34)30-11(2)20(22,23)24)16(21(25,26)27)13-8-12(15(35-3)9-29-13)14-10-32-7-6-28-17(32)18(31-14)36-4/h6-11,16H,5H2,1-4H3,(H,30,34)/t11?,16-/m0/s1. The van der Waals surface area contributed by atoms with E-state index in [1.165, 1.54) is 37.9 Å². The molecule has 196 valence electrons. The van der Waals surface area contributed by atoms with E-state index in [0.29, 0.717) is 12.6 Å². The summed E-state index contributed by atoms with van der Waals surface area (Å²) in [5, 5.41) is 1.56. The van der Waals surface area contributed by atoms with Crippen LogP contribution in [0.1, 0.15) is 25.6 Å². The van der Waals surface area contributed by atoms with Gasteiger partial charge in [-0.05, 0) is 19.9 Å². The van der Waals surface area contributed by atoms with Gasteiger partial charge in [0.15, 0.2) is 11.7 Å². The van der Waals surface area contributed by atoms with Crippen LogP contribution < -0.4 is 14.8 Å². The van der Waals surface area contributed by atoms with E-state index < -0.39 is 42.7 Å². The zero-order valence-corrected chi connectivity index (χ0v) is 19.5. The molecule has 1 unspecified atom stereocenters. The van der Waals surface area contributed by atoms with E-state index in [-0.39, 0.29) is 27.8 Å². The fraction of sp³-hybridized carbons (Fsp3) is 0.429. The highest BCUT2D eigenvalue weighted by Crippen LogP contribution is 2.40. The number of methoxy groups -OCH3 is 2. The van der Waals surface area contributed by atoms with Gasteiger partial charge in [-0.15, -0.1) is 0 Å². The van der Waals surface area contributed by atoms with Crippen LogP contribution in [0, 0.1) is 0 Å². The Labute approximate surface area is 201 Å². The minimum absolute atomic E-state index is 0.0619. The van der Waals surface area contributed by atoms with Gasteiger partial charge < -0.3 is 24.1 Å². The van der Waals surface area contributed by atoms with Crippen molar-refractivity contribution in [2.24, 2.45) is 0 Å². The number of hydrogen-bond acceptors (Lipinski definition) is 6. The van der Waals surface area contributed by atoms with Gasteiger partial charge >= 0.3 is 18.4 Å². The van der Waals surface area contributed by atoms with E-state index in [0.717, 1.165) is 12.3 Å². The van der Waals surface area contributed by atoms with Crippen LogP contribution in [0.4, 0.5) is 31.1 Å². The van der Waals surface area contributed by atoms with Gasteiger partial charge in [0.2, 0.25) is 0 Å². The lowest BCUT2D eigenvalue weighted by Crippen LogP contribution is -2.52. The number of urea groups is 1. The molecule has 3 aromatic rings. The number of nitrogens with zero attached hydrogens (tertiary/aromatic N) is 5. The van der Waals surface area contributed by atoms with Crippen LogP contribution in [-0.4, -0.2) is 69.4 Å². The summed E-state index contributed by atoms with van der Waals surface area (Å²) in [6.07, 6.45) is -4.39. The number of imidazole rings is 1. The van der Waals surface area contributed by atoms with Gasteiger partial charge in [-0.1, -0.05) is 0 Å². The molecule has 3 heterocycles. The summed E-state index contributed by atoms with van der Waals surface area (Å²) in [7, 11) is 2.62. The number of carbonyl (C=O) groups excluding carboxylic acids is 1. The highest BCUT2D eigenvalue weighted by molar-refractivity contribution is 5.75. The van der Waals surface area contributed by atoms with Crippen molar-refractivity contribution in [1.82, 2.24) is 29.6 Å². The minimum atomic E-state index is -5.08. The Morgan fingerprint density at radius 2 is 1.83 bits per heavy atom. The Bertz CT molecular complexity index is 1230. The Morgan fingerprint density at radius 3 is 2.39 bits per heavy atom. The smallest absolute Gasteiger partial charge is 0.414 e. The second kappa shape index (κ2) is 10.1. The fourth-order valence-electron chi connectivity index (χ4n) is 3.44. The number of alkyl halides is 6. The van der Waals surface area contributed by atoms with E-state index in [4.69, 9.17) is 9.47 Å². The zero-order valence-electron chi connectivity index (χ0n) is 19.5. The second-order valence-corrected chi connectivity index (χ2v) is 7.55. The third kappa shape index (κ3) is 5.39. The zero-order chi connectivity index (χ0) is 26.8. The largest absolute Gasteiger partial charge is 0.494 e. The predicted molar refractivity (Wildman–Crippen MR) is 115 cm³/mol. The molecular weight excluding hydrogens is 498 g/mol. The summed E-state index contributed by atoms with van der Waals surface area (Å²) in [5.74, 6) is 0.146.